The molecule has 0 aliphatic rings. The molecule has 0 heterocycles. The molecule has 0 fully saturated rings. The summed E-state index contributed by atoms with van der Waals surface area (Å²) in [7, 11) is 0. The van der Waals surface area contributed by atoms with E-state index in [1.165, 1.54) is 17.8 Å². The van der Waals surface area contributed by atoms with Gasteiger partial charge in [0.25, 0.3) is 0 Å². The third-order valence-corrected chi connectivity index (χ3v) is 3.52. The topological polar surface area (TPSA) is 63.3 Å². The summed E-state index contributed by atoms with van der Waals surface area (Å²) in [5.41, 5.74) is 7.45. The number of aryl methyl sites for hydroxylation is 1. The molecule has 0 atom stereocenters. The summed E-state index contributed by atoms with van der Waals surface area (Å²) >= 11 is 1.43. The van der Waals surface area contributed by atoms with Crippen LogP contribution in [0.2, 0.25) is 0 Å². The lowest BCUT2D eigenvalue weighted by molar-refractivity contribution is 0.0693. The number of nitrogen functional groups attached to an aromatic ring is 1. The van der Waals surface area contributed by atoms with Crippen molar-refractivity contribution in [3.05, 3.63) is 53.6 Å². The average molecular weight is 259 g/mol. The third-order valence-electron chi connectivity index (χ3n) is 2.45. The molecule has 2 aromatic rings. The number of aromatic carboxylic acids is 1. The minimum absolute atomic E-state index is 0.238. The predicted molar refractivity (Wildman–Crippen MR) is 73.1 cm³/mol. The molecule has 2 rings (SSSR count). The largest absolute Gasteiger partial charge is 0.478 e. The van der Waals surface area contributed by atoms with Gasteiger partial charge >= 0.3 is 5.97 Å². The summed E-state index contributed by atoms with van der Waals surface area (Å²) in [5.74, 6) is -0.961. The number of nitrogens with two attached hydrogens (primary N) is 1. The van der Waals surface area contributed by atoms with E-state index >= 15 is 0 Å². The van der Waals surface area contributed by atoms with E-state index in [1.54, 1.807) is 12.1 Å². The van der Waals surface area contributed by atoms with E-state index in [1.807, 2.05) is 31.2 Å². The van der Waals surface area contributed by atoms with Crippen LogP contribution in [0.25, 0.3) is 0 Å². The molecule has 0 saturated heterocycles. The molecular formula is C14H13NO2S. The molecule has 92 valence electrons. The molecule has 0 spiro atoms. The Hall–Kier alpha value is -1.94. The average Bonchev–Trinajstić information content (AvgIpc) is 2.31. The second kappa shape index (κ2) is 5.14. The fraction of sp³-hybridized carbons (Fsp3) is 0.0714. The molecule has 3 nitrogen and oxygen atoms in total. The van der Waals surface area contributed by atoms with Gasteiger partial charge in [0, 0.05) is 15.5 Å². The maximum Gasteiger partial charge on any atom is 0.336 e. The van der Waals surface area contributed by atoms with Crippen molar-refractivity contribution in [1.82, 2.24) is 0 Å². The van der Waals surface area contributed by atoms with Gasteiger partial charge in [-0.15, -0.1) is 0 Å². The van der Waals surface area contributed by atoms with Crippen molar-refractivity contribution in [1.29, 1.82) is 0 Å². The van der Waals surface area contributed by atoms with Crippen molar-refractivity contribution >= 4 is 23.4 Å². The lowest BCUT2D eigenvalue weighted by atomic mass is 10.2. The molecular weight excluding hydrogens is 246 g/mol. The highest BCUT2D eigenvalue weighted by atomic mass is 32.2. The SMILES string of the molecule is Cc1cccc(Sc2ccc(N)cc2C(=O)O)c1. The normalized spacial score (nSPS) is 10.3. The van der Waals surface area contributed by atoms with Crippen molar-refractivity contribution < 1.29 is 9.90 Å². The van der Waals surface area contributed by atoms with Gasteiger partial charge in [-0.05, 0) is 37.3 Å². The number of rotatable bonds is 3. The van der Waals surface area contributed by atoms with Crippen LogP contribution >= 0.6 is 11.8 Å². The summed E-state index contributed by atoms with van der Waals surface area (Å²) in [6.07, 6.45) is 0. The number of anilines is 1. The summed E-state index contributed by atoms with van der Waals surface area (Å²) in [6, 6.07) is 12.9. The van der Waals surface area contributed by atoms with E-state index < -0.39 is 5.97 Å². The van der Waals surface area contributed by atoms with Crippen LogP contribution in [-0.2, 0) is 0 Å². The van der Waals surface area contributed by atoms with Gasteiger partial charge in [0.15, 0.2) is 0 Å². The van der Waals surface area contributed by atoms with Crippen LogP contribution in [0.4, 0.5) is 5.69 Å². The molecule has 0 radical (unpaired) electrons. The van der Waals surface area contributed by atoms with Crippen LogP contribution in [-0.4, -0.2) is 11.1 Å². The van der Waals surface area contributed by atoms with Crippen LogP contribution in [0.5, 0.6) is 0 Å². The van der Waals surface area contributed by atoms with Gasteiger partial charge in [-0.25, -0.2) is 4.79 Å². The molecule has 0 aliphatic carbocycles. The minimum Gasteiger partial charge on any atom is -0.478 e. The van der Waals surface area contributed by atoms with Crippen molar-refractivity contribution in [2.45, 2.75) is 16.7 Å². The van der Waals surface area contributed by atoms with Crippen molar-refractivity contribution in [3.8, 4) is 0 Å². The molecule has 2 aromatic carbocycles. The fourth-order valence-electron chi connectivity index (χ4n) is 1.61. The Morgan fingerprint density at radius 3 is 2.67 bits per heavy atom. The zero-order valence-electron chi connectivity index (χ0n) is 9.88. The van der Waals surface area contributed by atoms with Crippen molar-refractivity contribution in [2.24, 2.45) is 0 Å². The second-order valence-corrected chi connectivity index (χ2v) is 5.09. The monoisotopic (exact) mass is 259 g/mol. The minimum atomic E-state index is -0.961. The molecule has 3 N–H and O–H groups in total. The van der Waals surface area contributed by atoms with Gasteiger partial charge in [0.05, 0.1) is 5.56 Å². The first kappa shape index (κ1) is 12.5. The zero-order chi connectivity index (χ0) is 13.1. The quantitative estimate of drug-likeness (QED) is 0.829. The van der Waals surface area contributed by atoms with Crippen LogP contribution in [0.15, 0.2) is 52.3 Å². The first-order valence-electron chi connectivity index (χ1n) is 5.43. The third kappa shape index (κ3) is 2.84. The summed E-state index contributed by atoms with van der Waals surface area (Å²) in [5, 5.41) is 9.15. The lowest BCUT2D eigenvalue weighted by Crippen LogP contribution is -2.00. The number of benzene rings is 2. The molecule has 0 saturated carbocycles. The number of carboxylic acids is 1. The molecule has 4 heteroatoms. The highest BCUT2D eigenvalue weighted by Crippen LogP contribution is 2.31. The molecule has 0 amide bonds. The molecule has 18 heavy (non-hydrogen) atoms. The highest BCUT2D eigenvalue weighted by Gasteiger charge is 2.11. The first-order valence-corrected chi connectivity index (χ1v) is 6.25. The molecule has 0 aromatic heterocycles. The Morgan fingerprint density at radius 1 is 1.22 bits per heavy atom. The van der Waals surface area contributed by atoms with Crippen LogP contribution < -0.4 is 5.73 Å². The van der Waals surface area contributed by atoms with E-state index in [2.05, 4.69) is 0 Å². The number of carbonyl (C=O) groups is 1. The Kier molecular flexibility index (Phi) is 3.58. The van der Waals surface area contributed by atoms with E-state index in [-0.39, 0.29) is 5.56 Å². The Labute approximate surface area is 110 Å². The van der Waals surface area contributed by atoms with Crippen LogP contribution in [0, 0.1) is 6.92 Å². The van der Waals surface area contributed by atoms with E-state index in [0.717, 1.165) is 10.5 Å². The number of hydrogen-bond donors (Lipinski definition) is 2. The van der Waals surface area contributed by atoms with Gasteiger partial charge in [0.2, 0.25) is 0 Å². The second-order valence-electron chi connectivity index (χ2n) is 3.98. The van der Waals surface area contributed by atoms with Crippen molar-refractivity contribution in [3.63, 3.8) is 0 Å². The summed E-state index contributed by atoms with van der Waals surface area (Å²) in [4.78, 5) is 12.9. The molecule has 0 bridgehead atoms. The number of carboxylic acid groups (broad SMARTS) is 1. The Bertz CT molecular complexity index is 596. The fourth-order valence-corrected chi connectivity index (χ4v) is 2.65. The highest BCUT2D eigenvalue weighted by molar-refractivity contribution is 7.99. The standard InChI is InChI=1S/C14H13NO2S/c1-9-3-2-4-11(7-9)18-13-6-5-10(15)8-12(13)14(16)17/h2-8H,15H2,1H3,(H,16,17). The first-order chi connectivity index (χ1) is 8.56. The lowest BCUT2D eigenvalue weighted by Gasteiger charge is -2.07. The van der Waals surface area contributed by atoms with Crippen LogP contribution in [0.1, 0.15) is 15.9 Å². The van der Waals surface area contributed by atoms with Crippen molar-refractivity contribution in [2.75, 3.05) is 5.73 Å². The van der Waals surface area contributed by atoms with Gasteiger partial charge < -0.3 is 10.8 Å². The Balaban J connectivity index is 2.37. The molecule has 0 unspecified atom stereocenters. The predicted octanol–water partition coefficient (Wildman–Crippen LogP) is 3.43. The van der Waals surface area contributed by atoms with Gasteiger partial charge in [-0.3, -0.25) is 0 Å². The zero-order valence-corrected chi connectivity index (χ0v) is 10.7. The van der Waals surface area contributed by atoms with Gasteiger partial charge in [-0.1, -0.05) is 29.5 Å². The van der Waals surface area contributed by atoms with Gasteiger partial charge in [0.1, 0.15) is 0 Å². The smallest absolute Gasteiger partial charge is 0.336 e. The van der Waals surface area contributed by atoms with Crippen LogP contribution in [0.3, 0.4) is 0 Å². The van der Waals surface area contributed by atoms with E-state index in [0.29, 0.717) is 10.6 Å². The maximum absolute atomic E-state index is 11.2. The molecule has 0 aliphatic heterocycles. The summed E-state index contributed by atoms with van der Waals surface area (Å²) < 4.78 is 0. The van der Waals surface area contributed by atoms with E-state index in [9.17, 15) is 4.79 Å². The van der Waals surface area contributed by atoms with Gasteiger partial charge in [-0.2, -0.15) is 0 Å². The number of hydrogen-bond acceptors (Lipinski definition) is 3. The summed E-state index contributed by atoms with van der Waals surface area (Å²) in [6.45, 7) is 2.01. The van der Waals surface area contributed by atoms with E-state index in [4.69, 9.17) is 10.8 Å². The Morgan fingerprint density at radius 2 is 2.00 bits per heavy atom. The maximum atomic E-state index is 11.2.